The van der Waals surface area contributed by atoms with Gasteiger partial charge in [0.2, 0.25) is 5.91 Å². The van der Waals surface area contributed by atoms with Crippen molar-refractivity contribution >= 4 is 17.5 Å². The number of rotatable bonds is 6. The van der Waals surface area contributed by atoms with Gasteiger partial charge in [0, 0.05) is 29.8 Å². The van der Waals surface area contributed by atoms with Crippen molar-refractivity contribution in [3.05, 3.63) is 29.3 Å². The second kappa shape index (κ2) is 7.40. The Hall–Kier alpha value is -1.88. The lowest BCUT2D eigenvalue weighted by molar-refractivity contribution is -0.116. The molecule has 0 radical (unpaired) electrons. The summed E-state index contributed by atoms with van der Waals surface area (Å²) in [6.45, 7) is 9.97. The van der Waals surface area contributed by atoms with Gasteiger partial charge in [0.15, 0.2) is 0 Å². The van der Waals surface area contributed by atoms with Gasteiger partial charge < -0.3 is 16.4 Å². The molecule has 0 aliphatic heterocycles. The molecule has 1 rings (SSSR count). The highest BCUT2D eigenvalue weighted by Gasteiger charge is 2.14. The van der Waals surface area contributed by atoms with Crippen molar-refractivity contribution < 1.29 is 9.59 Å². The van der Waals surface area contributed by atoms with Crippen LogP contribution >= 0.6 is 0 Å². The maximum Gasteiger partial charge on any atom is 0.251 e. The number of hydrogen-bond donors (Lipinski definition) is 3. The summed E-state index contributed by atoms with van der Waals surface area (Å²) in [6.07, 6.45) is 0.479. The number of benzene rings is 1. The van der Waals surface area contributed by atoms with Crippen molar-refractivity contribution in [2.45, 2.75) is 46.6 Å². The number of carbonyl (C=O) groups excluding carboxylic acids is 2. The number of nitrogens with one attached hydrogen (secondary N) is 2. The third-order valence-electron chi connectivity index (χ3n) is 3.06. The molecule has 5 nitrogen and oxygen atoms in total. The minimum Gasteiger partial charge on any atom is -0.350 e. The number of carbonyl (C=O) groups is 2. The van der Waals surface area contributed by atoms with Gasteiger partial charge in [0.05, 0.1) is 0 Å². The summed E-state index contributed by atoms with van der Waals surface area (Å²) in [6, 6.07) is 5.23. The molecule has 0 saturated heterocycles. The van der Waals surface area contributed by atoms with Crippen molar-refractivity contribution in [3.8, 4) is 0 Å². The molecule has 0 atom stereocenters. The Bertz CT molecular complexity index is 545. The molecular weight excluding hydrogens is 278 g/mol. The number of nitrogens with two attached hydrogens (primary N) is 1. The van der Waals surface area contributed by atoms with Crippen LogP contribution < -0.4 is 16.4 Å². The van der Waals surface area contributed by atoms with Crippen molar-refractivity contribution in [2.75, 3.05) is 11.9 Å². The Kier molecular flexibility index (Phi) is 6.11. The number of hydrogen-bond acceptors (Lipinski definition) is 3. The summed E-state index contributed by atoms with van der Waals surface area (Å²) in [5, 5.41) is 5.67. The lowest BCUT2D eigenvalue weighted by Crippen LogP contribution is -2.45. The second-order valence-corrected chi connectivity index (χ2v) is 6.85. The van der Waals surface area contributed by atoms with E-state index in [9.17, 15) is 9.59 Å². The topological polar surface area (TPSA) is 84.2 Å². The number of amides is 2. The van der Waals surface area contributed by atoms with Crippen molar-refractivity contribution in [1.82, 2.24) is 5.32 Å². The smallest absolute Gasteiger partial charge is 0.251 e. The fourth-order valence-corrected chi connectivity index (χ4v) is 1.93. The van der Waals surface area contributed by atoms with Crippen LogP contribution in [0.3, 0.4) is 0 Å². The molecule has 1 aromatic carbocycles. The number of aryl methyl sites for hydroxylation is 1. The Morgan fingerprint density at radius 2 is 1.91 bits per heavy atom. The summed E-state index contributed by atoms with van der Waals surface area (Å²) in [4.78, 5) is 23.9. The first-order valence-electron chi connectivity index (χ1n) is 7.56. The Labute approximate surface area is 132 Å². The average Bonchev–Trinajstić information content (AvgIpc) is 2.36. The molecule has 0 unspecified atom stereocenters. The molecule has 0 bridgehead atoms. The highest BCUT2D eigenvalue weighted by molar-refractivity contribution is 5.96. The van der Waals surface area contributed by atoms with E-state index in [2.05, 4.69) is 10.6 Å². The van der Waals surface area contributed by atoms with Gasteiger partial charge in [-0.3, -0.25) is 9.59 Å². The zero-order chi connectivity index (χ0) is 16.9. The molecule has 4 N–H and O–H groups in total. The quantitative estimate of drug-likeness (QED) is 0.754. The Balaban J connectivity index is 2.73. The van der Waals surface area contributed by atoms with Gasteiger partial charge in [0.25, 0.3) is 5.91 Å². The SMILES string of the molecule is Cc1cc(C(=O)NCC(C)(C)N)ccc1NC(=O)CC(C)C. The molecule has 0 aliphatic carbocycles. The Morgan fingerprint density at radius 1 is 1.27 bits per heavy atom. The maximum atomic E-state index is 12.1. The van der Waals surface area contributed by atoms with Crippen LogP contribution in [0.2, 0.25) is 0 Å². The summed E-state index contributed by atoms with van der Waals surface area (Å²) in [5.41, 5.74) is 7.55. The van der Waals surface area contributed by atoms with E-state index in [4.69, 9.17) is 5.73 Å². The van der Waals surface area contributed by atoms with E-state index in [1.165, 1.54) is 0 Å². The molecule has 0 heterocycles. The third kappa shape index (κ3) is 6.26. The van der Waals surface area contributed by atoms with Crippen LogP contribution in [0.25, 0.3) is 0 Å². The second-order valence-electron chi connectivity index (χ2n) is 6.85. The van der Waals surface area contributed by atoms with Gasteiger partial charge in [-0.1, -0.05) is 13.8 Å². The van der Waals surface area contributed by atoms with Gasteiger partial charge in [0.1, 0.15) is 0 Å². The van der Waals surface area contributed by atoms with Gasteiger partial charge in [-0.05, 0) is 50.5 Å². The fourth-order valence-electron chi connectivity index (χ4n) is 1.93. The predicted molar refractivity (Wildman–Crippen MR) is 89.9 cm³/mol. The van der Waals surface area contributed by atoms with E-state index in [-0.39, 0.29) is 11.8 Å². The van der Waals surface area contributed by atoms with E-state index in [0.29, 0.717) is 24.4 Å². The van der Waals surface area contributed by atoms with Gasteiger partial charge >= 0.3 is 0 Å². The molecule has 22 heavy (non-hydrogen) atoms. The predicted octanol–water partition coefficient (Wildman–Crippen LogP) is 2.45. The standard InChI is InChI=1S/C17H27N3O2/c1-11(2)8-15(21)20-14-7-6-13(9-12(14)3)16(22)19-10-17(4,5)18/h6-7,9,11H,8,10,18H2,1-5H3,(H,19,22)(H,20,21). The molecular formula is C17H27N3O2. The van der Waals surface area contributed by atoms with E-state index in [1.807, 2.05) is 34.6 Å². The van der Waals surface area contributed by atoms with Crippen molar-refractivity contribution in [3.63, 3.8) is 0 Å². The van der Waals surface area contributed by atoms with Crippen LogP contribution in [0.15, 0.2) is 18.2 Å². The summed E-state index contributed by atoms with van der Waals surface area (Å²) < 4.78 is 0. The van der Waals surface area contributed by atoms with Crippen LogP contribution in [0.4, 0.5) is 5.69 Å². The molecule has 1 aromatic rings. The first-order chi connectivity index (χ1) is 10.1. The highest BCUT2D eigenvalue weighted by atomic mass is 16.2. The van der Waals surface area contributed by atoms with E-state index in [0.717, 1.165) is 11.3 Å². The molecule has 0 saturated carbocycles. The lowest BCUT2D eigenvalue weighted by atomic mass is 10.1. The lowest BCUT2D eigenvalue weighted by Gasteiger charge is -2.19. The molecule has 5 heteroatoms. The highest BCUT2D eigenvalue weighted by Crippen LogP contribution is 2.17. The van der Waals surface area contributed by atoms with Crippen LogP contribution in [-0.2, 0) is 4.79 Å². The van der Waals surface area contributed by atoms with Crippen LogP contribution in [0.5, 0.6) is 0 Å². The van der Waals surface area contributed by atoms with Gasteiger partial charge in [-0.15, -0.1) is 0 Å². The normalized spacial score (nSPS) is 11.4. The molecule has 0 fully saturated rings. The molecule has 122 valence electrons. The Morgan fingerprint density at radius 3 is 2.41 bits per heavy atom. The maximum absolute atomic E-state index is 12.1. The summed E-state index contributed by atoms with van der Waals surface area (Å²) in [5.74, 6) is 0.131. The molecule has 0 aliphatic rings. The van der Waals surface area contributed by atoms with E-state index >= 15 is 0 Å². The molecule has 2 amide bonds. The first kappa shape index (κ1) is 18.2. The van der Waals surface area contributed by atoms with Crippen LogP contribution in [0, 0.1) is 12.8 Å². The van der Waals surface area contributed by atoms with Crippen LogP contribution in [0.1, 0.15) is 50.0 Å². The van der Waals surface area contributed by atoms with Gasteiger partial charge in [-0.2, -0.15) is 0 Å². The van der Waals surface area contributed by atoms with Crippen molar-refractivity contribution in [1.29, 1.82) is 0 Å². The largest absolute Gasteiger partial charge is 0.350 e. The third-order valence-corrected chi connectivity index (χ3v) is 3.06. The molecule has 0 aromatic heterocycles. The van der Waals surface area contributed by atoms with Gasteiger partial charge in [-0.25, -0.2) is 0 Å². The number of anilines is 1. The van der Waals surface area contributed by atoms with Crippen molar-refractivity contribution in [2.24, 2.45) is 11.7 Å². The minimum atomic E-state index is -0.449. The van der Waals surface area contributed by atoms with Crippen LogP contribution in [-0.4, -0.2) is 23.9 Å². The monoisotopic (exact) mass is 305 g/mol. The summed E-state index contributed by atoms with van der Waals surface area (Å²) in [7, 11) is 0. The first-order valence-corrected chi connectivity index (χ1v) is 7.56. The molecule has 0 spiro atoms. The van der Waals surface area contributed by atoms with E-state index in [1.54, 1.807) is 18.2 Å². The fraction of sp³-hybridized carbons (Fsp3) is 0.529. The zero-order valence-electron chi connectivity index (χ0n) is 14.1. The zero-order valence-corrected chi connectivity index (χ0v) is 14.1. The summed E-state index contributed by atoms with van der Waals surface area (Å²) >= 11 is 0. The average molecular weight is 305 g/mol. The van der Waals surface area contributed by atoms with E-state index < -0.39 is 5.54 Å². The minimum absolute atomic E-state index is 0.0137.